The fourth-order valence-corrected chi connectivity index (χ4v) is 5.80. The number of carbonyl (C=O) groups excluding carboxylic acids is 1. The minimum Gasteiger partial charge on any atom is -0.379 e. The Hall–Kier alpha value is -0.610. The molecule has 23 heavy (non-hydrogen) atoms. The lowest BCUT2D eigenvalue weighted by Crippen LogP contribution is -2.60. The summed E-state index contributed by atoms with van der Waals surface area (Å²) in [6.07, 6.45) is 11.6. The number of hydrogen-bond donors (Lipinski definition) is 1. The molecule has 0 radical (unpaired) electrons. The fourth-order valence-electron chi connectivity index (χ4n) is 5.80. The number of carbonyl (C=O) groups is 1. The molecule has 4 nitrogen and oxygen atoms in total. The second-order valence-electron chi connectivity index (χ2n) is 8.38. The zero-order valence-electron chi connectivity index (χ0n) is 14.4. The molecule has 4 rings (SSSR count). The van der Waals surface area contributed by atoms with Crippen molar-refractivity contribution in [2.75, 3.05) is 32.8 Å². The minimum atomic E-state index is 0.204. The molecule has 3 saturated carbocycles. The molecule has 4 aliphatic rings. The van der Waals surface area contributed by atoms with Crippen molar-refractivity contribution in [3.05, 3.63) is 0 Å². The molecule has 1 saturated heterocycles. The Morgan fingerprint density at radius 2 is 1.87 bits per heavy atom. The van der Waals surface area contributed by atoms with Crippen molar-refractivity contribution in [2.45, 2.75) is 63.3 Å². The van der Waals surface area contributed by atoms with Crippen LogP contribution in [0.2, 0.25) is 0 Å². The number of amides is 1. The summed E-state index contributed by atoms with van der Waals surface area (Å²) in [4.78, 5) is 15.4. The van der Waals surface area contributed by atoms with Crippen LogP contribution in [0.25, 0.3) is 0 Å². The topological polar surface area (TPSA) is 41.6 Å². The summed E-state index contributed by atoms with van der Waals surface area (Å²) >= 11 is 0. The van der Waals surface area contributed by atoms with Crippen LogP contribution in [0.1, 0.15) is 57.8 Å². The van der Waals surface area contributed by atoms with E-state index in [2.05, 4.69) is 10.2 Å². The van der Waals surface area contributed by atoms with E-state index in [0.717, 1.165) is 45.2 Å². The standard InChI is InChI=1S/C19H32N2O2/c22-18(17-13-15-4-5-16(17)12-15)20-14-19(6-2-1-3-7-19)21-8-10-23-11-9-21/h15-17H,1-14H2,(H,20,22). The number of ether oxygens (including phenoxy) is 1. The Morgan fingerprint density at radius 3 is 2.52 bits per heavy atom. The first-order valence-corrected chi connectivity index (χ1v) is 9.87. The molecule has 0 aromatic carbocycles. The van der Waals surface area contributed by atoms with Crippen LogP contribution in [-0.4, -0.2) is 49.2 Å². The van der Waals surface area contributed by atoms with Gasteiger partial charge in [0.2, 0.25) is 5.91 Å². The zero-order chi connectivity index (χ0) is 15.7. The lowest BCUT2D eigenvalue weighted by Gasteiger charge is -2.48. The normalized spacial score (nSPS) is 37.0. The van der Waals surface area contributed by atoms with Crippen LogP contribution in [0.3, 0.4) is 0 Å². The van der Waals surface area contributed by atoms with Gasteiger partial charge in [-0.15, -0.1) is 0 Å². The average Bonchev–Trinajstić information content (AvgIpc) is 3.25. The summed E-state index contributed by atoms with van der Waals surface area (Å²) < 4.78 is 5.55. The smallest absolute Gasteiger partial charge is 0.223 e. The first kappa shape index (κ1) is 15.9. The lowest BCUT2D eigenvalue weighted by atomic mass is 9.79. The largest absolute Gasteiger partial charge is 0.379 e. The Kier molecular flexibility index (Phi) is 4.64. The lowest BCUT2D eigenvalue weighted by molar-refractivity contribution is -0.127. The average molecular weight is 320 g/mol. The molecule has 1 amide bonds. The van der Waals surface area contributed by atoms with E-state index in [0.29, 0.717) is 17.7 Å². The molecular weight excluding hydrogens is 288 g/mol. The second-order valence-corrected chi connectivity index (χ2v) is 8.38. The van der Waals surface area contributed by atoms with E-state index in [1.165, 1.54) is 51.4 Å². The van der Waals surface area contributed by atoms with Gasteiger partial charge in [-0.2, -0.15) is 0 Å². The van der Waals surface area contributed by atoms with Gasteiger partial charge in [0.05, 0.1) is 13.2 Å². The van der Waals surface area contributed by atoms with Crippen molar-refractivity contribution >= 4 is 5.91 Å². The minimum absolute atomic E-state index is 0.204. The van der Waals surface area contributed by atoms with Gasteiger partial charge in [0, 0.05) is 31.1 Å². The van der Waals surface area contributed by atoms with Crippen molar-refractivity contribution < 1.29 is 9.53 Å². The third kappa shape index (κ3) is 3.17. The van der Waals surface area contributed by atoms with E-state index in [4.69, 9.17) is 4.74 Å². The number of fused-ring (bicyclic) bond motifs is 2. The SMILES string of the molecule is O=C(NCC1(N2CCOCC2)CCCCC1)C1CC2CCC1C2. The summed E-state index contributed by atoms with van der Waals surface area (Å²) in [5.41, 5.74) is 0.204. The maximum Gasteiger partial charge on any atom is 0.223 e. The number of morpholine rings is 1. The van der Waals surface area contributed by atoms with Crippen molar-refractivity contribution in [3.8, 4) is 0 Å². The van der Waals surface area contributed by atoms with Crippen molar-refractivity contribution in [3.63, 3.8) is 0 Å². The van der Waals surface area contributed by atoms with Gasteiger partial charge in [0.1, 0.15) is 0 Å². The quantitative estimate of drug-likeness (QED) is 0.865. The van der Waals surface area contributed by atoms with Gasteiger partial charge in [-0.25, -0.2) is 0 Å². The molecule has 2 bridgehead atoms. The van der Waals surface area contributed by atoms with Crippen molar-refractivity contribution in [1.29, 1.82) is 0 Å². The molecule has 0 spiro atoms. The predicted molar refractivity (Wildman–Crippen MR) is 90.2 cm³/mol. The van der Waals surface area contributed by atoms with Crippen molar-refractivity contribution in [1.82, 2.24) is 10.2 Å². The molecule has 3 aliphatic carbocycles. The molecule has 0 aromatic heterocycles. The molecule has 130 valence electrons. The van der Waals surface area contributed by atoms with Crippen LogP contribution >= 0.6 is 0 Å². The van der Waals surface area contributed by atoms with E-state index in [1.54, 1.807) is 0 Å². The molecule has 1 N–H and O–H groups in total. The summed E-state index contributed by atoms with van der Waals surface area (Å²) in [6.45, 7) is 4.62. The highest BCUT2D eigenvalue weighted by Crippen LogP contribution is 2.48. The summed E-state index contributed by atoms with van der Waals surface area (Å²) in [7, 11) is 0. The number of rotatable bonds is 4. The van der Waals surface area contributed by atoms with E-state index >= 15 is 0 Å². The van der Waals surface area contributed by atoms with Gasteiger partial charge >= 0.3 is 0 Å². The van der Waals surface area contributed by atoms with Crippen LogP contribution in [0, 0.1) is 17.8 Å². The van der Waals surface area contributed by atoms with Crippen LogP contribution in [-0.2, 0) is 9.53 Å². The molecule has 3 unspecified atom stereocenters. The first-order valence-electron chi connectivity index (χ1n) is 9.87. The highest BCUT2D eigenvalue weighted by Gasteiger charge is 2.44. The number of hydrogen-bond acceptors (Lipinski definition) is 3. The summed E-state index contributed by atoms with van der Waals surface area (Å²) in [5, 5.41) is 3.40. The third-order valence-electron chi connectivity index (χ3n) is 7.13. The highest BCUT2D eigenvalue weighted by molar-refractivity contribution is 5.79. The van der Waals surface area contributed by atoms with E-state index in [-0.39, 0.29) is 5.54 Å². The molecule has 1 heterocycles. The monoisotopic (exact) mass is 320 g/mol. The van der Waals surface area contributed by atoms with E-state index < -0.39 is 0 Å². The van der Waals surface area contributed by atoms with E-state index in [1.807, 2.05) is 0 Å². The van der Waals surface area contributed by atoms with Gasteiger partial charge < -0.3 is 10.1 Å². The zero-order valence-corrected chi connectivity index (χ0v) is 14.4. The Balaban J connectivity index is 1.38. The number of nitrogens with zero attached hydrogens (tertiary/aromatic N) is 1. The first-order chi connectivity index (χ1) is 11.3. The van der Waals surface area contributed by atoms with Gasteiger partial charge in [-0.05, 0) is 43.9 Å². The van der Waals surface area contributed by atoms with Gasteiger partial charge in [0.15, 0.2) is 0 Å². The summed E-state index contributed by atoms with van der Waals surface area (Å²) in [6, 6.07) is 0. The van der Waals surface area contributed by atoms with Gasteiger partial charge in [-0.3, -0.25) is 9.69 Å². The maximum absolute atomic E-state index is 12.7. The van der Waals surface area contributed by atoms with Crippen LogP contribution in [0.15, 0.2) is 0 Å². The van der Waals surface area contributed by atoms with E-state index in [9.17, 15) is 4.79 Å². The summed E-state index contributed by atoms with van der Waals surface area (Å²) in [5.74, 6) is 2.21. The Bertz CT molecular complexity index is 427. The molecule has 0 aromatic rings. The Labute approximate surface area is 140 Å². The molecule has 1 aliphatic heterocycles. The fraction of sp³-hybridized carbons (Fsp3) is 0.947. The molecule has 4 heteroatoms. The third-order valence-corrected chi connectivity index (χ3v) is 7.13. The molecule has 4 fully saturated rings. The predicted octanol–water partition coefficient (Wildman–Crippen LogP) is 2.57. The van der Waals surface area contributed by atoms with Gasteiger partial charge in [-0.1, -0.05) is 25.7 Å². The molecular formula is C19H32N2O2. The van der Waals surface area contributed by atoms with Crippen LogP contribution < -0.4 is 5.32 Å². The number of nitrogens with one attached hydrogen (secondary N) is 1. The second kappa shape index (κ2) is 6.72. The highest BCUT2D eigenvalue weighted by atomic mass is 16.5. The van der Waals surface area contributed by atoms with Crippen LogP contribution in [0.4, 0.5) is 0 Å². The maximum atomic E-state index is 12.7. The Morgan fingerprint density at radius 1 is 1.09 bits per heavy atom. The van der Waals surface area contributed by atoms with Gasteiger partial charge in [0.25, 0.3) is 0 Å². The van der Waals surface area contributed by atoms with Crippen LogP contribution in [0.5, 0.6) is 0 Å². The molecule has 3 atom stereocenters. The van der Waals surface area contributed by atoms with Crippen molar-refractivity contribution in [2.24, 2.45) is 17.8 Å².